The largest absolute Gasteiger partial charge is 0.493 e. The van der Waals surface area contributed by atoms with Crippen LogP contribution in [-0.2, 0) is 10.4 Å². The zero-order valence-electron chi connectivity index (χ0n) is 14.2. The number of nitrogens with one attached hydrogen (secondary N) is 1. The number of hydrogen-bond acceptors (Lipinski definition) is 3. The number of halogens is 1. The lowest BCUT2D eigenvalue weighted by Gasteiger charge is -2.27. The van der Waals surface area contributed by atoms with Gasteiger partial charge in [0.05, 0.1) is 13.2 Å². The minimum atomic E-state index is -1.25. The van der Waals surface area contributed by atoms with Gasteiger partial charge in [0.15, 0.2) is 0 Å². The number of aliphatic hydroxyl groups is 1. The predicted octanol–water partition coefficient (Wildman–Crippen LogP) is 3.11. The summed E-state index contributed by atoms with van der Waals surface area (Å²) in [7, 11) is 0. The Bertz CT molecular complexity index is 743. The Morgan fingerprint density at radius 2 is 2.00 bits per heavy atom. The molecular formula is C20H22FNO3. The second kappa shape index (κ2) is 7.23. The van der Waals surface area contributed by atoms with Crippen LogP contribution in [0.15, 0.2) is 48.5 Å². The van der Waals surface area contributed by atoms with Crippen LogP contribution >= 0.6 is 0 Å². The van der Waals surface area contributed by atoms with Gasteiger partial charge < -0.3 is 15.2 Å². The Kier molecular flexibility index (Phi) is 5.04. The van der Waals surface area contributed by atoms with Gasteiger partial charge in [0.25, 0.3) is 0 Å². The maximum atomic E-state index is 13.0. The highest BCUT2D eigenvalue weighted by Crippen LogP contribution is 2.35. The van der Waals surface area contributed by atoms with Crippen LogP contribution in [-0.4, -0.2) is 24.2 Å². The van der Waals surface area contributed by atoms with Crippen LogP contribution in [0, 0.1) is 5.82 Å². The molecule has 2 N–H and O–H groups in total. The van der Waals surface area contributed by atoms with Crippen molar-refractivity contribution in [2.45, 2.75) is 31.3 Å². The zero-order chi connectivity index (χ0) is 17.9. The molecule has 0 radical (unpaired) electrons. The van der Waals surface area contributed by atoms with Crippen molar-refractivity contribution in [3.05, 3.63) is 65.5 Å². The van der Waals surface area contributed by atoms with Crippen LogP contribution in [0.5, 0.6) is 5.75 Å². The molecular weight excluding hydrogens is 321 g/mol. The summed E-state index contributed by atoms with van der Waals surface area (Å²) in [5, 5.41) is 13.3. The van der Waals surface area contributed by atoms with Gasteiger partial charge in [0, 0.05) is 6.42 Å². The normalized spacial score (nSPS) is 18.6. The van der Waals surface area contributed by atoms with Gasteiger partial charge in [-0.25, -0.2) is 4.39 Å². The highest BCUT2D eigenvalue weighted by Gasteiger charge is 2.26. The van der Waals surface area contributed by atoms with E-state index in [1.807, 2.05) is 24.3 Å². The lowest BCUT2D eigenvalue weighted by atomic mass is 9.90. The van der Waals surface area contributed by atoms with Crippen LogP contribution in [0.4, 0.5) is 4.39 Å². The minimum Gasteiger partial charge on any atom is -0.493 e. The molecule has 0 spiro atoms. The van der Waals surface area contributed by atoms with Crippen molar-refractivity contribution >= 4 is 5.91 Å². The predicted molar refractivity (Wildman–Crippen MR) is 92.9 cm³/mol. The second-order valence-corrected chi connectivity index (χ2v) is 6.63. The van der Waals surface area contributed by atoms with Crippen LogP contribution in [0.3, 0.4) is 0 Å². The topological polar surface area (TPSA) is 58.6 Å². The van der Waals surface area contributed by atoms with Gasteiger partial charge in [0.1, 0.15) is 17.2 Å². The molecule has 25 heavy (non-hydrogen) atoms. The van der Waals surface area contributed by atoms with Gasteiger partial charge in [-0.3, -0.25) is 4.79 Å². The fourth-order valence-corrected chi connectivity index (χ4v) is 3.11. The zero-order valence-corrected chi connectivity index (χ0v) is 14.2. The number of benzene rings is 2. The summed E-state index contributed by atoms with van der Waals surface area (Å²) < 4.78 is 18.6. The standard InChI is InChI=1S/C20H22FNO3/c1-20(24,15-6-8-16(21)9-7-15)13-22-19(23)12-14-10-11-25-18-5-3-2-4-17(14)18/h2-9,14,24H,10-13H2,1H3,(H,22,23). The number of carbonyl (C=O) groups is 1. The first-order valence-electron chi connectivity index (χ1n) is 8.42. The molecule has 2 unspecified atom stereocenters. The molecule has 0 fully saturated rings. The minimum absolute atomic E-state index is 0.0718. The van der Waals surface area contributed by atoms with Crippen LogP contribution < -0.4 is 10.1 Å². The Morgan fingerprint density at radius 1 is 1.28 bits per heavy atom. The monoisotopic (exact) mass is 343 g/mol. The summed E-state index contributed by atoms with van der Waals surface area (Å²) in [6.07, 6.45) is 1.14. The number of rotatable bonds is 5. The van der Waals surface area contributed by atoms with Gasteiger partial charge in [0.2, 0.25) is 5.91 Å². The number of amides is 1. The molecule has 4 nitrogen and oxygen atoms in total. The SMILES string of the molecule is CC(O)(CNC(=O)CC1CCOc2ccccc21)c1ccc(F)cc1. The van der Waals surface area contributed by atoms with Crippen molar-refractivity contribution in [3.63, 3.8) is 0 Å². The molecule has 0 aromatic heterocycles. The highest BCUT2D eigenvalue weighted by molar-refractivity contribution is 5.77. The fraction of sp³-hybridized carbons (Fsp3) is 0.350. The fourth-order valence-electron chi connectivity index (χ4n) is 3.11. The summed E-state index contributed by atoms with van der Waals surface area (Å²) >= 11 is 0. The molecule has 1 amide bonds. The van der Waals surface area contributed by atoms with Crippen molar-refractivity contribution in [1.82, 2.24) is 5.32 Å². The first-order valence-corrected chi connectivity index (χ1v) is 8.42. The van der Waals surface area contributed by atoms with Gasteiger partial charge >= 0.3 is 0 Å². The third-order valence-corrected chi connectivity index (χ3v) is 4.61. The first kappa shape index (κ1) is 17.4. The van der Waals surface area contributed by atoms with E-state index in [0.717, 1.165) is 17.7 Å². The summed E-state index contributed by atoms with van der Waals surface area (Å²) in [6.45, 7) is 2.27. The van der Waals surface area contributed by atoms with Crippen molar-refractivity contribution < 1.29 is 19.0 Å². The number of hydrogen-bond donors (Lipinski definition) is 2. The average Bonchev–Trinajstić information content (AvgIpc) is 2.61. The molecule has 1 aliphatic heterocycles. The smallest absolute Gasteiger partial charge is 0.220 e. The molecule has 0 saturated carbocycles. The number of para-hydroxylation sites is 1. The summed E-state index contributed by atoms with van der Waals surface area (Å²) in [4.78, 5) is 12.3. The molecule has 1 aliphatic rings. The molecule has 0 bridgehead atoms. The molecule has 132 valence electrons. The van der Waals surface area contributed by atoms with Gasteiger partial charge in [-0.15, -0.1) is 0 Å². The van der Waals surface area contributed by atoms with Crippen molar-refractivity contribution in [2.24, 2.45) is 0 Å². The van der Waals surface area contributed by atoms with Crippen molar-refractivity contribution in [2.75, 3.05) is 13.2 Å². The van der Waals surface area contributed by atoms with Gasteiger partial charge in [-0.05, 0) is 48.6 Å². The van der Waals surface area contributed by atoms with E-state index in [1.54, 1.807) is 6.92 Å². The van der Waals surface area contributed by atoms with E-state index in [1.165, 1.54) is 24.3 Å². The molecule has 0 aliphatic carbocycles. The van der Waals surface area contributed by atoms with Crippen LogP contribution in [0.2, 0.25) is 0 Å². The van der Waals surface area contributed by atoms with E-state index in [4.69, 9.17) is 4.74 Å². The van der Waals surface area contributed by atoms with Gasteiger partial charge in [-0.2, -0.15) is 0 Å². The molecule has 1 heterocycles. The quantitative estimate of drug-likeness (QED) is 0.877. The van der Waals surface area contributed by atoms with Crippen LogP contribution in [0.25, 0.3) is 0 Å². The lowest BCUT2D eigenvalue weighted by Crippen LogP contribution is -2.39. The summed E-state index contributed by atoms with van der Waals surface area (Å²) in [5.74, 6) is 0.469. The Balaban J connectivity index is 1.59. The molecule has 2 aromatic carbocycles. The number of ether oxygens (including phenoxy) is 1. The van der Waals surface area contributed by atoms with E-state index >= 15 is 0 Å². The Hall–Kier alpha value is -2.40. The highest BCUT2D eigenvalue weighted by atomic mass is 19.1. The first-order chi connectivity index (χ1) is 12.0. The Morgan fingerprint density at radius 3 is 2.76 bits per heavy atom. The number of carbonyl (C=O) groups excluding carboxylic acids is 1. The summed E-state index contributed by atoms with van der Waals surface area (Å²) in [5.41, 5.74) is 0.358. The van der Waals surface area contributed by atoms with Crippen molar-refractivity contribution in [1.29, 1.82) is 0 Å². The van der Waals surface area contributed by atoms with E-state index in [-0.39, 0.29) is 24.2 Å². The van der Waals surface area contributed by atoms with Crippen LogP contribution in [0.1, 0.15) is 36.8 Å². The van der Waals surface area contributed by atoms with E-state index < -0.39 is 5.60 Å². The third kappa shape index (κ3) is 4.17. The molecule has 5 heteroatoms. The van der Waals surface area contributed by atoms with E-state index in [0.29, 0.717) is 18.6 Å². The molecule has 2 aromatic rings. The van der Waals surface area contributed by atoms with E-state index in [2.05, 4.69) is 5.32 Å². The van der Waals surface area contributed by atoms with Crippen molar-refractivity contribution in [3.8, 4) is 5.75 Å². The van der Waals surface area contributed by atoms with Gasteiger partial charge in [-0.1, -0.05) is 30.3 Å². The molecule has 3 rings (SSSR count). The third-order valence-electron chi connectivity index (χ3n) is 4.61. The average molecular weight is 343 g/mol. The molecule has 2 atom stereocenters. The second-order valence-electron chi connectivity index (χ2n) is 6.63. The summed E-state index contributed by atoms with van der Waals surface area (Å²) in [6, 6.07) is 13.4. The lowest BCUT2D eigenvalue weighted by molar-refractivity contribution is -0.122. The maximum Gasteiger partial charge on any atom is 0.220 e. The molecule has 0 saturated heterocycles. The van der Waals surface area contributed by atoms with E-state index in [9.17, 15) is 14.3 Å². The Labute approximate surface area is 146 Å². The number of fused-ring (bicyclic) bond motifs is 1. The maximum absolute atomic E-state index is 13.0.